The Bertz CT molecular complexity index is 767. The minimum Gasteiger partial charge on any atom is -0.303 e. The number of hydrogen-bond donors (Lipinski definition) is 0. The van der Waals surface area contributed by atoms with Crippen LogP contribution in [-0.2, 0) is 0 Å². The van der Waals surface area contributed by atoms with Gasteiger partial charge >= 0.3 is 0 Å². The second-order valence-electron chi connectivity index (χ2n) is 5.57. The van der Waals surface area contributed by atoms with Gasteiger partial charge in [-0.1, -0.05) is 30.3 Å². The van der Waals surface area contributed by atoms with Crippen molar-refractivity contribution in [1.29, 1.82) is 21.0 Å². The Hall–Kier alpha value is -3.35. The zero-order chi connectivity index (χ0) is 17.1. The normalized spacial score (nSPS) is 22.3. The van der Waals surface area contributed by atoms with Crippen molar-refractivity contribution in [2.45, 2.75) is 12.3 Å². The zero-order valence-electron chi connectivity index (χ0n) is 12.9. The summed E-state index contributed by atoms with van der Waals surface area (Å²) in [4.78, 5) is 0. The van der Waals surface area contributed by atoms with Gasteiger partial charge in [0.15, 0.2) is 5.41 Å². The van der Waals surface area contributed by atoms with Gasteiger partial charge < -0.3 is 5.01 Å². The van der Waals surface area contributed by atoms with Crippen LogP contribution in [0.4, 0.5) is 0 Å². The van der Waals surface area contributed by atoms with Crippen LogP contribution in [0.15, 0.2) is 35.4 Å². The summed E-state index contributed by atoms with van der Waals surface area (Å²) >= 11 is 0. The van der Waals surface area contributed by atoms with Crippen LogP contribution in [-0.4, -0.2) is 24.8 Å². The third kappa shape index (κ3) is 2.10. The fourth-order valence-electron chi connectivity index (χ4n) is 3.08. The SMILES string of the molecule is CN(C)/N=C1\CC(c2ccccc2)C(C#N)(C#N)C1(C#N)C#N. The molecule has 0 aromatic heterocycles. The van der Waals surface area contributed by atoms with Gasteiger partial charge in [-0.15, -0.1) is 0 Å². The zero-order valence-corrected chi connectivity index (χ0v) is 12.9. The first-order valence-electron chi connectivity index (χ1n) is 6.96. The maximum absolute atomic E-state index is 9.75. The Morgan fingerprint density at radius 2 is 1.57 bits per heavy atom. The fraction of sp³-hybridized carbons (Fsp3) is 0.353. The van der Waals surface area contributed by atoms with Gasteiger partial charge in [0.05, 0.1) is 30.0 Å². The third-order valence-electron chi connectivity index (χ3n) is 4.16. The minimum absolute atomic E-state index is 0.213. The molecule has 23 heavy (non-hydrogen) atoms. The molecule has 1 fully saturated rings. The van der Waals surface area contributed by atoms with Crippen molar-refractivity contribution in [2.24, 2.45) is 15.9 Å². The Morgan fingerprint density at radius 3 is 2.00 bits per heavy atom. The first kappa shape index (κ1) is 16.0. The Labute approximate surface area is 135 Å². The Morgan fingerprint density at radius 1 is 1.00 bits per heavy atom. The van der Waals surface area contributed by atoms with Crippen LogP contribution in [0.5, 0.6) is 0 Å². The molecule has 0 bridgehead atoms. The lowest BCUT2D eigenvalue weighted by molar-refractivity contribution is 0.363. The molecule has 1 aromatic rings. The molecule has 0 spiro atoms. The van der Waals surface area contributed by atoms with Crippen LogP contribution in [0.1, 0.15) is 17.9 Å². The highest BCUT2D eigenvalue weighted by atomic mass is 15.4. The highest BCUT2D eigenvalue weighted by Crippen LogP contribution is 2.58. The summed E-state index contributed by atoms with van der Waals surface area (Å²) in [6.07, 6.45) is 0.213. The van der Waals surface area contributed by atoms with E-state index >= 15 is 0 Å². The van der Waals surface area contributed by atoms with E-state index in [4.69, 9.17) is 0 Å². The van der Waals surface area contributed by atoms with E-state index in [1.807, 2.05) is 30.3 Å². The second kappa shape index (κ2) is 5.80. The van der Waals surface area contributed by atoms with Crippen molar-refractivity contribution in [2.75, 3.05) is 14.1 Å². The van der Waals surface area contributed by atoms with Crippen molar-refractivity contribution in [1.82, 2.24) is 5.01 Å². The molecule has 1 aliphatic rings. The second-order valence-corrected chi connectivity index (χ2v) is 5.57. The summed E-state index contributed by atoms with van der Waals surface area (Å²) in [6.45, 7) is 0. The fourth-order valence-corrected chi connectivity index (χ4v) is 3.08. The van der Waals surface area contributed by atoms with Gasteiger partial charge in [0.1, 0.15) is 0 Å². The average molecular weight is 302 g/mol. The van der Waals surface area contributed by atoms with Crippen LogP contribution < -0.4 is 0 Å². The van der Waals surface area contributed by atoms with Gasteiger partial charge in [0.25, 0.3) is 0 Å². The van der Waals surface area contributed by atoms with Crippen LogP contribution in [0.25, 0.3) is 0 Å². The van der Waals surface area contributed by atoms with E-state index in [1.165, 1.54) is 5.01 Å². The standard InChI is InChI=1S/C17H14N6/c1-23(2)22-15-8-14(13-6-4-3-5-7-13)16(9-18,10-19)17(15,11-20)12-21/h3-7,14H,8H2,1-2H3/b22-15+. The van der Waals surface area contributed by atoms with E-state index < -0.39 is 16.7 Å². The molecule has 1 aromatic carbocycles. The van der Waals surface area contributed by atoms with Gasteiger partial charge in [0.2, 0.25) is 5.41 Å². The number of nitrogens with zero attached hydrogens (tertiary/aromatic N) is 6. The van der Waals surface area contributed by atoms with Crippen LogP contribution in [0.2, 0.25) is 0 Å². The lowest BCUT2D eigenvalue weighted by Gasteiger charge is -2.28. The topological polar surface area (TPSA) is 111 Å². The molecule has 1 atom stereocenters. The first-order valence-corrected chi connectivity index (χ1v) is 6.96. The molecule has 6 nitrogen and oxygen atoms in total. The molecule has 0 radical (unpaired) electrons. The summed E-state index contributed by atoms with van der Waals surface area (Å²) in [5.74, 6) is -0.586. The van der Waals surface area contributed by atoms with Crippen LogP contribution in [0, 0.1) is 56.2 Å². The molecule has 0 saturated heterocycles. The Balaban J connectivity index is 2.79. The van der Waals surface area contributed by atoms with Crippen molar-refractivity contribution in [3.8, 4) is 24.3 Å². The molecule has 0 aliphatic heterocycles. The molecule has 0 heterocycles. The Kier molecular flexibility index (Phi) is 4.04. The van der Waals surface area contributed by atoms with Crippen molar-refractivity contribution >= 4 is 5.71 Å². The molecule has 6 heteroatoms. The summed E-state index contributed by atoms with van der Waals surface area (Å²) in [5.41, 5.74) is -2.69. The molecule has 112 valence electrons. The van der Waals surface area contributed by atoms with Crippen LogP contribution >= 0.6 is 0 Å². The molecule has 1 unspecified atom stereocenters. The highest BCUT2D eigenvalue weighted by molar-refractivity contribution is 6.00. The molecule has 0 amide bonds. The predicted octanol–water partition coefficient (Wildman–Crippen LogP) is 2.16. The number of rotatable bonds is 2. The molecule has 2 rings (SSSR count). The number of nitriles is 4. The third-order valence-corrected chi connectivity index (χ3v) is 4.16. The van der Waals surface area contributed by atoms with Gasteiger partial charge in [-0.25, -0.2) is 0 Å². The van der Waals surface area contributed by atoms with Crippen molar-refractivity contribution < 1.29 is 0 Å². The molecular weight excluding hydrogens is 288 g/mol. The maximum atomic E-state index is 9.75. The minimum atomic E-state index is -1.89. The number of benzene rings is 1. The summed E-state index contributed by atoms with van der Waals surface area (Å²) in [7, 11) is 3.34. The van der Waals surface area contributed by atoms with Crippen molar-refractivity contribution in [3.63, 3.8) is 0 Å². The lowest BCUT2D eigenvalue weighted by Crippen LogP contribution is -2.40. The van der Waals surface area contributed by atoms with Gasteiger partial charge in [-0.2, -0.15) is 26.1 Å². The lowest BCUT2D eigenvalue weighted by atomic mass is 9.63. The summed E-state index contributed by atoms with van der Waals surface area (Å²) in [6, 6.07) is 16.8. The highest BCUT2D eigenvalue weighted by Gasteiger charge is 2.68. The number of hydrogen-bond acceptors (Lipinski definition) is 6. The van der Waals surface area contributed by atoms with Crippen molar-refractivity contribution in [3.05, 3.63) is 35.9 Å². The molecular formula is C17H14N6. The first-order chi connectivity index (χ1) is 11.0. The summed E-state index contributed by atoms with van der Waals surface area (Å²) in [5, 5.41) is 44.6. The quantitative estimate of drug-likeness (QED) is 0.777. The largest absolute Gasteiger partial charge is 0.303 e. The summed E-state index contributed by atoms with van der Waals surface area (Å²) < 4.78 is 0. The number of hydrazone groups is 1. The van der Waals surface area contributed by atoms with Gasteiger partial charge in [-0.05, 0) is 12.0 Å². The maximum Gasteiger partial charge on any atom is 0.215 e. The van der Waals surface area contributed by atoms with Crippen LogP contribution in [0.3, 0.4) is 0 Å². The molecule has 1 saturated carbocycles. The monoisotopic (exact) mass is 302 g/mol. The van der Waals surface area contributed by atoms with E-state index in [0.29, 0.717) is 0 Å². The van der Waals surface area contributed by atoms with E-state index in [-0.39, 0.29) is 12.1 Å². The van der Waals surface area contributed by atoms with Gasteiger partial charge in [-0.3, -0.25) is 0 Å². The van der Waals surface area contributed by atoms with E-state index in [9.17, 15) is 21.0 Å². The smallest absolute Gasteiger partial charge is 0.215 e. The predicted molar refractivity (Wildman–Crippen MR) is 82.2 cm³/mol. The molecule has 0 N–H and O–H groups in total. The van der Waals surface area contributed by atoms with Gasteiger partial charge in [0, 0.05) is 20.0 Å². The van der Waals surface area contributed by atoms with E-state index in [1.54, 1.807) is 38.4 Å². The van der Waals surface area contributed by atoms with E-state index in [0.717, 1.165) is 5.56 Å². The average Bonchev–Trinajstić information content (AvgIpc) is 2.85. The van der Waals surface area contributed by atoms with E-state index in [2.05, 4.69) is 5.10 Å². The molecule has 1 aliphatic carbocycles.